The van der Waals surface area contributed by atoms with Gasteiger partial charge in [-0.1, -0.05) is 13.8 Å². The van der Waals surface area contributed by atoms with Gasteiger partial charge in [0.05, 0.1) is 17.8 Å². The average molecular weight is 437 g/mol. The summed E-state index contributed by atoms with van der Waals surface area (Å²) in [7, 11) is 5.49. The van der Waals surface area contributed by atoms with Gasteiger partial charge >= 0.3 is 0 Å². The van der Waals surface area contributed by atoms with Crippen LogP contribution in [0.5, 0.6) is 5.88 Å². The Kier molecular flexibility index (Phi) is 5.93. The van der Waals surface area contributed by atoms with Gasteiger partial charge in [0.25, 0.3) is 0 Å². The van der Waals surface area contributed by atoms with Gasteiger partial charge < -0.3 is 19.4 Å². The first-order valence-electron chi connectivity index (χ1n) is 8.88. The molecule has 0 atom stereocenters. The molecule has 0 radical (unpaired) electrons. The summed E-state index contributed by atoms with van der Waals surface area (Å²) in [5.74, 6) is 3.68. The molecule has 9 nitrogen and oxygen atoms in total. The Hall–Kier alpha value is -2.23. The second kappa shape index (κ2) is 8.20. The van der Waals surface area contributed by atoms with E-state index < -0.39 is 0 Å². The van der Waals surface area contributed by atoms with Crippen LogP contribution in [0, 0.1) is 0 Å². The maximum atomic E-state index is 5.27. The molecule has 2 aromatic heterocycles. The van der Waals surface area contributed by atoms with Crippen molar-refractivity contribution in [3.05, 3.63) is 16.5 Å². The SMILES string of the molecule is COc1nc(N2CCN(c3nc(C(C)C)nc(N(C)C)n3)CC2)ncc1Br. The van der Waals surface area contributed by atoms with E-state index in [1.54, 1.807) is 13.3 Å². The molecule has 0 saturated carbocycles. The van der Waals surface area contributed by atoms with Crippen molar-refractivity contribution in [2.24, 2.45) is 0 Å². The van der Waals surface area contributed by atoms with Crippen molar-refractivity contribution >= 4 is 33.8 Å². The van der Waals surface area contributed by atoms with Gasteiger partial charge in [-0.25, -0.2) is 4.98 Å². The molecule has 0 unspecified atom stereocenters. The summed E-state index contributed by atoms with van der Waals surface area (Å²) in [5, 5.41) is 0. The first-order valence-corrected chi connectivity index (χ1v) is 9.68. The fourth-order valence-corrected chi connectivity index (χ4v) is 3.07. The first kappa shape index (κ1) is 19.5. The fraction of sp³-hybridized carbons (Fsp3) is 0.588. The van der Waals surface area contributed by atoms with Crippen molar-refractivity contribution in [1.82, 2.24) is 24.9 Å². The standard InChI is InChI=1S/C17H25BrN8O/c1-11(2)13-20-16(24(3)4)23-17(21-13)26-8-6-25(7-9-26)15-19-10-12(18)14(22-15)27-5/h10-11H,6-9H2,1-5H3. The van der Waals surface area contributed by atoms with Crippen LogP contribution in [0.3, 0.4) is 0 Å². The Labute approximate surface area is 167 Å². The number of methoxy groups -OCH3 is 1. The highest BCUT2D eigenvalue weighted by atomic mass is 79.9. The summed E-state index contributed by atoms with van der Waals surface area (Å²) in [6, 6.07) is 0. The number of hydrogen-bond acceptors (Lipinski definition) is 9. The number of anilines is 3. The Morgan fingerprint density at radius 3 is 2.19 bits per heavy atom. The van der Waals surface area contributed by atoms with Crippen molar-refractivity contribution in [2.75, 3.05) is 62.1 Å². The van der Waals surface area contributed by atoms with Gasteiger partial charge in [0, 0.05) is 46.2 Å². The number of ether oxygens (including phenoxy) is 1. The molecule has 10 heteroatoms. The Balaban J connectivity index is 1.75. The van der Waals surface area contributed by atoms with E-state index in [-0.39, 0.29) is 5.92 Å². The van der Waals surface area contributed by atoms with Crippen LogP contribution in [0.15, 0.2) is 10.7 Å². The highest BCUT2D eigenvalue weighted by Gasteiger charge is 2.23. The smallest absolute Gasteiger partial charge is 0.232 e. The molecule has 2 aromatic rings. The van der Waals surface area contributed by atoms with E-state index in [4.69, 9.17) is 4.74 Å². The monoisotopic (exact) mass is 436 g/mol. The van der Waals surface area contributed by atoms with Gasteiger partial charge in [0.1, 0.15) is 5.82 Å². The van der Waals surface area contributed by atoms with Crippen LogP contribution in [0.25, 0.3) is 0 Å². The molecule has 3 rings (SSSR count). The second-order valence-corrected chi connectivity index (χ2v) is 7.70. The molecule has 0 spiro atoms. The summed E-state index contributed by atoms with van der Waals surface area (Å²) in [6.45, 7) is 7.32. The van der Waals surface area contributed by atoms with Gasteiger partial charge in [0.15, 0.2) is 0 Å². The maximum Gasteiger partial charge on any atom is 0.232 e. The largest absolute Gasteiger partial charge is 0.480 e. The Morgan fingerprint density at radius 1 is 1.00 bits per heavy atom. The Bertz CT molecular complexity index is 766. The molecular formula is C17H25BrN8O. The highest BCUT2D eigenvalue weighted by Crippen LogP contribution is 2.25. The van der Waals surface area contributed by atoms with E-state index in [1.807, 2.05) is 19.0 Å². The van der Waals surface area contributed by atoms with Gasteiger partial charge in [-0.15, -0.1) is 0 Å². The number of halogens is 1. The molecule has 0 aliphatic carbocycles. The third-order valence-electron chi connectivity index (χ3n) is 4.28. The molecule has 1 aliphatic rings. The van der Waals surface area contributed by atoms with Crippen LogP contribution in [0.2, 0.25) is 0 Å². The number of nitrogens with zero attached hydrogens (tertiary/aromatic N) is 8. The lowest BCUT2D eigenvalue weighted by Gasteiger charge is -2.35. The minimum Gasteiger partial charge on any atom is -0.480 e. The van der Waals surface area contributed by atoms with Crippen LogP contribution >= 0.6 is 15.9 Å². The van der Waals surface area contributed by atoms with E-state index in [1.165, 1.54) is 0 Å². The van der Waals surface area contributed by atoms with Crippen molar-refractivity contribution in [1.29, 1.82) is 0 Å². The van der Waals surface area contributed by atoms with Crippen molar-refractivity contribution in [2.45, 2.75) is 19.8 Å². The molecule has 1 saturated heterocycles. The molecule has 1 fully saturated rings. The molecule has 3 heterocycles. The summed E-state index contributed by atoms with van der Waals surface area (Å²) in [5.41, 5.74) is 0. The number of rotatable bonds is 5. The highest BCUT2D eigenvalue weighted by molar-refractivity contribution is 9.10. The van der Waals surface area contributed by atoms with Crippen molar-refractivity contribution < 1.29 is 4.74 Å². The average Bonchev–Trinajstić information content (AvgIpc) is 2.68. The van der Waals surface area contributed by atoms with Crippen molar-refractivity contribution in [3.8, 4) is 5.88 Å². The zero-order valence-corrected chi connectivity index (χ0v) is 17.9. The Morgan fingerprint density at radius 2 is 1.63 bits per heavy atom. The van der Waals surface area contributed by atoms with Gasteiger partial charge in [-0.05, 0) is 15.9 Å². The quantitative estimate of drug-likeness (QED) is 0.697. The van der Waals surface area contributed by atoms with E-state index in [0.29, 0.717) is 17.8 Å². The number of aromatic nitrogens is 5. The predicted octanol–water partition coefficient (Wildman–Crippen LogP) is 1.95. The van der Waals surface area contributed by atoms with E-state index in [2.05, 4.69) is 64.5 Å². The zero-order chi connectivity index (χ0) is 19.6. The van der Waals surface area contributed by atoms with E-state index in [0.717, 1.165) is 42.4 Å². The molecule has 0 aromatic carbocycles. The van der Waals surface area contributed by atoms with Gasteiger partial charge in [0.2, 0.25) is 23.7 Å². The topological polar surface area (TPSA) is 83.4 Å². The molecule has 146 valence electrons. The normalized spacial score (nSPS) is 14.6. The van der Waals surface area contributed by atoms with Crippen LogP contribution in [-0.4, -0.2) is 72.3 Å². The molecule has 0 bridgehead atoms. The van der Waals surface area contributed by atoms with Crippen LogP contribution in [-0.2, 0) is 0 Å². The van der Waals surface area contributed by atoms with Crippen LogP contribution in [0.4, 0.5) is 17.8 Å². The molecule has 27 heavy (non-hydrogen) atoms. The molecule has 1 aliphatic heterocycles. The van der Waals surface area contributed by atoms with E-state index in [9.17, 15) is 0 Å². The summed E-state index contributed by atoms with van der Waals surface area (Å²) >= 11 is 3.39. The zero-order valence-electron chi connectivity index (χ0n) is 16.3. The minimum absolute atomic E-state index is 0.246. The van der Waals surface area contributed by atoms with Crippen LogP contribution in [0.1, 0.15) is 25.6 Å². The maximum absolute atomic E-state index is 5.27. The summed E-state index contributed by atoms with van der Waals surface area (Å²) in [4.78, 5) is 29.0. The number of piperazine rings is 1. The van der Waals surface area contributed by atoms with Gasteiger partial charge in [-0.3, -0.25) is 0 Å². The number of hydrogen-bond donors (Lipinski definition) is 0. The lowest BCUT2D eigenvalue weighted by atomic mass is 10.2. The fourth-order valence-electron chi connectivity index (χ4n) is 2.71. The molecule has 0 amide bonds. The second-order valence-electron chi connectivity index (χ2n) is 6.84. The van der Waals surface area contributed by atoms with Gasteiger partial charge in [-0.2, -0.15) is 19.9 Å². The third kappa shape index (κ3) is 4.37. The summed E-state index contributed by atoms with van der Waals surface area (Å²) < 4.78 is 6.02. The predicted molar refractivity (Wildman–Crippen MR) is 109 cm³/mol. The van der Waals surface area contributed by atoms with Crippen molar-refractivity contribution in [3.63, 3.8) is 0 Å². The lowest BCUT2D eigenvalue weighted by Crippen LogP contribution is -2.48. The minimum atomic E-state index is 0.246. The third-order valence-corrected chi connectivity index (χ3v) is 4.83. The first-order chi connectivity index (χ1) is 12.9. The molecular weight excluding hydrogens is 412 g/mol. The summed E-state index contributed by atoms with van der Waals surface area (Å²) in [6.07, 6.45) is 1.72. The van der Waals surface area contributed by atoms with E-state index >= 15 is 0 Å². The van der Waals surface area contributed by atoms with Crippen LogP contribution < -0.4 is 19.4 Å². The lowest BCUT2D eigenvalue weighted by molar-refractivity contribution is 0.393. The molecule has 0 N–H and O–H groups in total.